The molecule has 4 aromatic heterocycles. The minimum atomic E-state index is -2.57. The number of aromatic nitrogens is 5. The largest absolute Gasteiger partial charge is 0.458 e. The average molecular weight is 949 g/mol. The van der Waals surface area contributed by atoms with Crippen LogP contribution in [0.15, 0.2) is 255 Å². The summed E-state index contributed by atoms with van der Waals surface area (Å²) < 4.78 is 128. The van der Waals surface area contributed by atoms with Crippen LogP contribution >= 0.6 is 0 Å². The topological polar surface area (TPSA) is 40.8 Å². The molecule has 0 unspecified atom stereocenters. The molecule has 0 fully saturated rings. The van der Waals surface area contributed by atoms with Crippen LogP contribution in [-0.4, -0.2) is 18.7 Å². The van der Waals surface area contributed by atoms with E-state index in [-0.39, 0.29) is 27.8 Å². The highest BCUT2D eigenvalue weighted by Crippen LogP contribution is 2.40. The Morgan fingerprint density at radius 2 is 1.12 bits per heavy atom. The van der Waals surface area contributed by atoms with Crippen molar-refractivity contribution in [1.29, 1.82) is 0 Å². The van der Waals surface area contributed by atoms with Crippen molar-refractivity contribution in [3.63, 3.8) is 0 Å². The molecule has 0 saturated heterocycles. The molecule has 0 aliphatic heterocycles. The quantitative estimate of drug-likeness (QED) is 0.107. The second-order valence-electron chi connectivity index (χ2n) is 17.6. The monoisotopic (exact) mass is 948 g/mol. The Hall–Kier alpha value is -9.78. The van der Waals surface area contributed by atoms with Gasteiger partial charge in [-0.25, -0.2) is 4.98 Å². The van der Waals surface area contributed by atoms with Crippen LogP contribution in [0.5, 0.6) is 11.5 Å². The molecule has 6 nitrogen and oxygen atoms in total. The van der Waals surface area contributed by atoms with Crippen LogP contribution in [0.25, 0.3) is 111 Å². The number of ether oxygens (including phenoxy) is 1. The van der Waals surface area contributed by atoms with E-state index in [1.165, 1.54) is 6.07 Å². The molecule has 10 aromatic carbocycles. The van der Waals surface area contributed by atoms with Crippen LogP contribution in [-0.2, 0) is 0 Å². The van der Waals surface area contributed by atoms with E-state index in [0.29, 0.717) is 45.4 Å². The van der Waals surface area contributed by atoms with Gasteiger partial charge in [0, 0.05) is 37.3 Å². The van der Waals surface area contributed by atoms with E-state index in [2.05, 4.69) is 36.7 Å². The molecule has 0 aliphatic rings. The fraction of sp³-hybridized carbons (Fsp3) is 0.0149. The molecule has 14 rings (SSSR count). The highest BCUT2D eigenvalue weighted by molar-refractivity contribution is 6.14. The number of para-hydroxylation sites is 5. The fourth-order valence-electron chi connectivity index (χ4n) is 10.2. The van der Waals surface area contributed by atoms with Crippen molar-refractivity contribution in [3.8, 4) is 67.8 Å². The van der Waals surface area contributed by atoms with Gasteiger partial charge in [0.2, 0.25) is 0 Å². The van der Waals surface area contributed by atoms with Gasteiger partial charge < -0.3 is 9.30 Å². The number of hydrogen-bond donors (Lipinski definition) is 0. The number of hydrogen-bond acceptors (Lipinski definition) is 2. The molecule has 73 heavy (non-hydrogen) atoms. The molecule has 0 N–H and O–H groups in total. The lowest BCUT2D eigenvalue weighted by atomic mass is 9.98. The van der Waals surface area contributed by atoms with Gasteiger partial charge in [-0.05, 0) is 107 Å². The lowest BCUT2D eigenvalue weighted by molar-refractivity contribution is -0.572. The van der Waals surface area contributed by atoms with Crippen molar-refractivity contribution >= 4 is 54.6 Å². The maximum Gasteiger partial charge on any atom is 0.269 e. The summed E-state index contributed by atoms with van der Waals surface area (Å²) >= 11 is 0. The molecule has 0 saturated carbocycles. The summed E-state index contributed by atoms with van der Waals surface area (Å²) in [4.78, 5) is 5.12. The van der Waals surface area contributed by atoms with Crippen LogP contribution in [0.2, 0.25) is 0 Å². The maximum absolute atomic E-state index is 9.07. The molecular weight excluding hydrogens is 891 g/mol. The number of imidazole rings is 1. The zero-order chi connectivity index (χ0) is 59.6. The first-order valence-electron chi connectivity index (χ1n) is 30.1. The predicted octanol–water partition coefficient (Wildman–Crippen LogP) is 16.4. The molecular formula is C67H45N5O. The Balaban J connectivity index is 0.881. The van der Waals surface area contributed by atoms with Crippen molar-refractivity contribution < 1.29 is 27.1 Å². The molecule has 0 spiro atoms. The van der Waals surface area contributed by atoms with Gasteiger partial charge in [0.15, 0.2) is 0 Å². The van der Waals surface area contributed by atoms with Crippen LogP contribution < -0.4 is 9.30 Å². The molecule has 0 radical (unpaired) electrons. The van der Waals surface area contributed by atoms with E-state index in [1.807, 2.05) is 147 Å². The van der Waals surface area contributed by atoms with E-state index >= 15 is 0 Å². The Labute approximate surface area is 440 Å². The van der Waals surface area contributed by atoms with Gasteiger partial charge >= 0.3 is 0 Å². The number of nitrogens with zero attached hydrogens (tertiary/aromatic N) is 5. The summed E-state index contributed by atoms with van der Waals surface area (Å²) in [6, 6.07) is 53.8. The number of fused-ring (bicyclic) bond motifs is 7. The lowest BCUT2D eigenvalue weighted by Crippen LogP contribution is -2.29. The van der Waals surface area contributed by atoms with E-state index in [0.717, 1.165) is 54.7 Å². The number of benzene rings is 10. The van der Waals surface area contributed by atoms with Crippen LogP contribution in [0.4, 0.5) is 0 Å². The molecule has 4 heterocycles. The smallest absolute Gasteiger partial charge is 0.269 e. The molecule has 0 aliphatic carbocycles. The number of rotatable bonds is 9. The minimum Gasteiger partial charge on any atom is -0.458 e. The molecule has 344 valence electrons. The van der Waals surface area contributed by atoms with Crippen molar-refractivity contribution in [2.75, 3.05) is 0 Å². The SMILES string of the molecule is [2H]c1c([2H])c([2H])c(-c2cc(-c3c([2H])c([2H])c([2H])c([2H])c3[2H])cc(-[n+]3[c-]n(-c4cccc(Oc5ccc6c7ccccc7n(-c7cc(C([2H])([2H])[2H])c(-n8c9ccccc9c9cccc(-c%10ccccc%10)c98)cn7)c6c5)c4)c4ccccc43)c2)c([2H])c1[2H]. The van der Waals surface area contributed by atoms with Gasteiger partial charge in [-0.15, -0.1) is 0 Å². The normalized spacial score (nSPS) is 14.3. The third-order valence-corrected chi connectivity index (χ3v) is 13.4. The third-order valence-electron chi connectivity index (χ3n) is 13.4. The second-order valence-corrected chi connectivity index (χ2v) is 17.6. The second kappa shape index (κ2) is 17.3. The van der Waals surface area contributed by atoms with Crippen LogP contribution in [0, 0.1) is 13.2 Å². The van der Waals surface area contributed by atoms with Crippen molar-refractivity contribution in [1.82, 2.24) is 18.7 Å². The van der Waals surface area contributed by atoms with E-state index in [1.54, 1.807) is 29.0 Å². The van der Waals surface area contributed by atoms with Gasteiger partial charge in [-0.3, -0.25) is 13.7 Å². The average Bonchev–Trinajstić information content (AvgIpc) is 2.34. The Morgan fingerprint density at radius 3 is 1.88 bits per heavy atom. The van der Waals surface area contributed by atoms with Crippen molar-refractivity contribution in [3.05, 3.63) is 267 Å². The van der Waals surface area contributed by atoms with Gasteiger partial charge in [-0.1, -0.05) is 176 Å². The zero-order valence-electron chi connectivity index (χ0n) is 51.6. The highest BCUT2D eigenvalue weighted by atomic mass is 16.5. The summed E-state index contributed by atoms with van der Waals surface area (Å²) in [6.07, 6.45) is 5.11. The fourth-order valence-corrected chi connectivity index (χ4v) is 10.2. The van der Waals surface area contributed by atoms with E-state index in [9.17, 15) is 0 Å². The first-order chi connectivity index (χ1) is 41.5. The highest BCUT2D eigenvalue weighted by Gasteiger charge is 2.21. The van der Waals surface area contributed by atoms with Gasteiger partial charge in [0.05, 0.1) is 70.1 Å². The molecule has 0 atom stereocenters. The first-order valence-corrected chi connectivity index (χ1v) is 23.6. The molecule has 14 aromatic rings. The van der Waals surface area contributed by atoms with Crippen molar-refractivity contribution in [2.24, 2.45) is 0 Å². The summed E-state index contributed by atoms with van der Waals surface area (Å²) in [5.41, 5.74) is 8.04. The van der Waals surface area contributed by atoms with E-state index < -0.39 is 67.3 Å². The molecule has 6 heteroatoms. The standard InChI is InChI=1S/C67H45N5O/c1-45-37-66(68-43-65(45)72-61-32-14-12-28-57(61)59-30-18-29-55(67(59)72)48-23-9-4-10-24-48)71-60-31-13-11-27-56(60)58-36-35-54(42-64(58)71)73-53-26-17-25-51(41-53)69-44-70(63-34-16-15-33-62(63)69)52-39-49(46-19-5-2-6-20-46)38-50(40-52)47-21-7-3-8-22-47/h2-43H,1H3/i1D3,2D,3D,5D,6D,7D,8D,19D,20D,21D,22D. The maximum atomic E-state index is 9.07. The van der Waals surface area contributed by atoms with Crippen LogP contribution in [0.1, 0.15) is 23.4 Å². The third kappa shape index (κ3) is 7.18. The Bertz CT molecular complexity index is 5020. The zero-order valence-corrected chi connectivity index (χ0v) is 38.6. The summed E-state index contributed by atoms with van der Waals surface area (Å²) in [6.45, 7) is -2.57. The number of pyridine rings is 1. The molecule has 0 amide bonds. The van der Waals surface area contributed by atoms with Gasteiger partial charge in [0.25, 0.3) is 6.33 Å². The first kappa shape index (κ1) is 30.7. The van der Waals surface area contributed by atoms with Crippen molar-refractivity contribution in [2.45, 2.75) is 6.85 Å². The molecule has 0 bridgehead atoms. The Morgan fingerprint density at radius 1 is 0.493 bits per heavy atom. The Kier molecular flexibility index (Phi) is 7.27. The summed E-state index contributed by atoms with van der Waals surface area (Å²) in [5, 5.41) is 3.78. The van der Waals surface area contributed by atoms with Gasteiger partial charge in [0.1, 0.15) is 17.3 Å². The summed E-state index contributed by atoms with van der Waals surface area (Å²) in [7, 11) is 0. The summed E-state index contributed by atoms with van der Waals surface area (Å²) in [5.74, 6) is 1.34. The van der Waals surface area contributed by atoms with Gasteiger partial charge in [-0.2, -0.15) is 0 Å². The lowest BCUT2D eigenvalue weighted by Gasteiger charge is -2.16. The predicted molar refractivity (Wildman–Crippen MR) is 298 cm³/mol. The van der Waals surface area contributed by atoms with E-state index in [4.69, 9.17) is 27.5 Å². The number of aryl methyl sites for hydroxylation is 1. The van der Waals surface area contributed by atoms with Crippen LogP contribution in [0.3, 0.4) is 0 Å². The minimum absolute atomic E-state index is 0.120.